The molecule has 1 aromatic rings. The number of hydrogen-bond donors (Lipinski definition) is 1. The Bertz CT molecular complexity index is 678. The zero-order valence-electron chi connectivity index (χ0n) is 12.7. The van der Waals surface area contributed by atoms with Crippen LogP contribution in [0.2, 0.25) is 0 Å². The van der Waals surface area contributed by atoms with Gasteiger partial charge in [0.15, 0.2) is 0 Å². The first-order valence-corrected chi connectivity index (χ1v) is 7.80. The maximum atomic E-state index is 12.0. The van der Waals surface area contributed by atoms with E-state index in [1.807, 2.05) is 11.0 Å². The summed E-state index contributed by atoms with van der Waals surface area (Å²) in [4.78, 5) is 24.6. The molecule has 1 N–H and O–H groups in total. The number of likely N-dealkylation sites (tertiary alicyclic amines) is 1. The van der Waals surface area contributed by atoms with Crippen LogP contribution in [0.1, 0.15) is 24.8 Å². The van der Waals surface area contributed by atoms with Crippen LogP contribution in [0, 0.1) is 33.3 Å². The molecule has 1 aliphatic heterocycles. The minimum absolute atomic E-state index is 0.0527. The molecule has 2 fully saturated rings. The molecule has 0 radical (unpaired) electrons. The summed E-state index contributed by atoms with van der Waals surface area (Å²) in [6.45, 7) is 2.03. The molecule has 0 bridgehead atoms. The van der Waals surface area contributed by atoms with E-state index < -0.39 is 4.92 Å². The van der Waals surface area contributed by atoms with Crippen LogP contribution in [0.5, 0.6) is 0 Å². The van der Waals surface area contributed by atoms with Gasteiger partial charge in [-0.3, -0.25) is 14.9 Å². The fourth-order valence-corrected chi connectivity index (χ4v) is 3.02. The molecule has 7 nitrogen and oxygen atoms in total. The van der Waals surface area contributed by atoms with E-state index in [9.17, 15) is 14.9 Å². The number of nitrogens with zero attached hydrogens (tertiary/aromatic N) is 3. The highest BCUT2D eigenvalue weighted by Crippen LogP contribution is 2.33. The second-order valence-corrected chi connectivity index (χ2v) is 6.16. The Kier molecular flexibility index (Phi) is 4.15. The van der Waals surface area contributed by atoms with Gasteiger partial charge < -0.3 is 10.2 Å². The van der Waals surface area contributed by atoms with Crippen LogP contribution < -0.4 is 5.32 Å². The fraction of sp³-hybridized carbons (Fsp3) is 0.500. The first-order valence-electron chi connectivity index (χ1n) is 7.80. The smallest absolute Gasteiger partial charge is 0.309 e. The standard InChI is InChI=1S/C16H18N4O3/c17-8-13-2-1-3-14(15(13)20(22)23)18-9-11-6-7-19(10-11)16(21)12-4-5-12/h1-3,11-12,18H,4-7,9-10H2. The van der Waals surface area contributed by atoms with Gasteiger partial charge in [0, 0.05) is 25.6 Å². The van der Waals surface area contributed by atoms with Gasteiger partial charge in [-0.2, -0.15) is 5.26 Å². The van der Waals surface area contributed by atoms with Crippen LogP contribution in [0.25, 0.3) is 0 Å². The number of carbonyl (C=O) groups is 1. The molecule has 2 aliphatic rings. The molecule has 120 valence electrons. The molecule has 23 heavy (non-hydrogen) atoms. The van der Waals surface area contributed by atoms with Crippen molar-refractivity contribution in [1.82, 2.24) is 4.90 Å². The molecule has 1 unspecified atom stereocenters. The lowest BCUT2D eigenvalue weighted by Gasteiger charge is -2.17. The monoisotopic (exact) mass is 314 g/mol. The molecule has 1 amide bonds. The Morgan fingerprint density at radius 1 is 1.43 bits per heavy atom. The largest absolute Gasteiger partial charge is 0.379 e. The Balaban J connectivity index is 1.62. The third-order valence-corrected chi connectivity index (χ3v) is 4.44. The van der Waals surface area contributed by atoms with E-state index in [1.54, 1.807) is 12.1 Å². The zero-order chi connectivity index (χ0) is 16.4. The predicted octanol–water partition coefficient (Wildman–Crippen LogP) is 2.14. The van der Waals surface area contributed by atoms with Gasteiger partial charge >= 0.3 is 5.69 Å². The highest BCUT2D eigenvalue weighted by molar-refractivity contribution is 5.81. The van der Waals surface area contributed by atoms with Gasteiger partial charge in [-0.25, -0.2) is 0 Å². The second kappa shape index (κ2) is 6.24. The Hall–Kier alpha value is -2.62. The zero-order valence-corrected chi connectivity index (χ0v) is 12.7. The number of rotatable bonds is 5. The van der Waals surface area contributed by atoms with Gasteiger partial charge in [0.05, 0.1) is 4.92 Å². The lowest BCUT2D eigenvalue weighted by molar-refractivity contribution is -0.384. The Labute approximate surface area is 134 Å². The fourth-order valence-electron chi connectivity index (χ4n) is 3.02. The summed E-state index contributed by atoms with van der Waals surface area (Å²) in [6.07, 6.45) is 2.91. The number of nitro groups is 1. The van der Waals surface area contributed by atoms with Crippen molar-refractivity contribution in [2.75, 3.05) is 25.0 Å². The summed E-state index contributed by atoms with van der Waals surface area (Å²) in [7, 11) is 0. The summed E-state index contributed by atoms with van der Waals surface area (Å²) < 4.78 is 0. The minimum Gasteiger partial charge on any atom is -0.379 e. The van der Waals surface area contributed by atoms with E-state index >= 15 is 0 Å². The summed E-state index contributed by atoms with van der Waals surface area (Å²) in [5.74, 6) is 0.767. The number of hydrogen-bond acceptors (Lipinski definition) is 5. The van der Waals surface area contributed by atoms with Crippen molar-refractivity contribution in [2.24, 2.45) is 11.8 Å². The number of amides is 1. The number of nitriles is 1. The summed E-state index contributed by atoms with van der Waals surface area (Å²) in [6, 6.07) is 6.53. The molecule has 0 aromatic heterocycles. The third kappa shape index (κ3) is 3.26. The molecule has 7 heteroatoms. The van der Waals surface area contributed by atoms with Crippen molar-refractivity contribution < 1.29 is 9.72 Å². The average molecular weight is 314 g/mol. The van der Waals surface area contributed by atoms with Crippen molar-refractivity contribution >= 4 is 17.3 Å². The van der Waals surface area contributed by atoms with Gasteiger partial charge in [-0.15, -0.1) is 0 Å². The van der Waals surface area contributed by atoms with E-state index in [-0.39, 0.29) is 29.0 Å². The normalized spacial score (nSPS) is 20.1. The number of carbonyl (C=O) groups excluding carboxylic acids is 1. The first kappa shape index (κ1) is 15.3. The van der Waals surface area contributed by atoms with E-state index in [1.165, 1.54) is 6.07 Å². The number of nitrogens with one attached hydrogen (secondary N) is 1. The summed E-state index contributed by atoms with van der Waals surface area (Å²) in [5, 5.41) is 23.3. The van der Waals surface area contributed by atoms with Crippen LogP contribution >= 0.6 is 0 Å². The predicted molar refractivity (Wildman–Crippen MR) is 83.7 cm³/mol. The third-order valence-electron chi connectivity index (χ3n) is 4.44. The number of benzene rings is 1. The lowest BCUT2D eigenvalue weighted by atomic mass is 10.1. The van der Waals surface area contributed by atoms with Crippen LogP contribution in [0.3, 0.4) is 0 Å². The average Bonchev–Trinajstić information content (AvgIpc) is 3.29. The number of nitro benzene ring substituents is 1. The Morgan fingerprint density at radius 2 is 2.22 bits per heavy atom. The highest BCUT2D eigenvalue weighted by Gasteiger charge is 2.36. The molecule has 1 atom stereocenters. The van der Waals surface area contributed by atoms with Gasteiger partial charge in [0.1, 0.15) is 17.3 Å². The molecule has 1 aromatic carbocycles. The SMILES string of the molecule is N#Cc1cccc(NCC2CCN(C(=O)C3CC3)C2)c1[N+](=O)[O-]. The molecule has 1 heterocycles. The molecule has 1 aliphatic carbocycles. The lowest BCUT2D eigenvalue weighted by Crippen LogP contribution is -2.30. The quantitative estimate of drug-likeness (QED) is 0.663. The topological polar surface area (TPSA) is 99.3 Å². The van der Waals surface area contributed by atoms with Gasteiger partial charge in [-0.05, 0) is 37.3 Å². The van der Waals surface area contributed by atoms with E-state index in [4.69, 9.17) is 5.26 Å². The number of para-hydroxylation sites is 1. The van der Waals surface area contributed by atoms with Gasteiger partial charge in [0.25, 0.3) is 0 Å². The van der Waals surface area contributed by atoms with E-state index in [2.05, 4.69) is 5.32 Å². The highest BCUT2D eigenvalue weighted by atomic mass is 16.6. The van der Waals surface area contributed by atoms with E-state index in [0.717, 1.165) is 25.8 Å². The Morgan fingerprint density at radius 3 is 2.87 bits per heavy atom. The number of anilines is 1. The summed E-state index contributed by atoms with van der Waals surface area (Å²) >= 11 is 0. The van der Waals surface area contributed by atoms with Crippen LogP contribution in [-0.2, 0) is 4.79 Å². The maximum Gasteiger partial charge on any atom is 0.309 e. The second-order valence-electron chi connectivity index (χ2n) is 6.16. The van der Waals surface area contributed by atoms with Crippen LogP contribution in [0.15, 0.2) is 18.2 Å². The van der Waals surface area contributed by atoms with Crippen molar-refractivity contribution in [1.29, 1.82) is 5.26 Å². The van der Waals surface area contributed by atoms with E-state index in [0.29, 0.717) is 18.8 Å². The molecule has 0 spiro atoms. The molecule has 3 rings (SSSR count). The van der Waals surface area contributed by atoms with Gasteiger partial charge in [-0.1, -0.05) is 6.07 Å². The molecule has 1 saturated heterocycles. The van der Waals surface area contributed by atoms with Crippen LogP contribution in [-0.4, -0.2) is 35.4 Å². The van der Waals surface area contributed by atoms with Crippen molar-refractivity contribution in [3.63, 3.8) is 0 Å². The first-order chi connectivity index (χ1) is 11.1. The van der Waals surface area contributed by atoms with Crippen LogP contribution in [0.4, 0.5) is 11.4 Å². The maximum absolute atomic E-state index is 12.0. The molecular weight excluding hydrogens is 296 g/mol. The van der Waals surface area contributed by atoms with Crippen molar-refractivity contribution in [3.8, 4) is 6.07 Å². The molecular formula is C16H18N4O3. The van der Waals surface area contributed by atoms with Gasteiger partial charge in [0.2, 0.25) is 5.91 Å². The van der Waals surface area contributed by atoms with Crippen molar-refractivity contribution in [3.05, 3.63) is 33.9 Å². The van der Waals surface area contributed by atoms with Crippen molar-refractivity contribution in [2.45, 2.75) is 19.3 Å². The minimum atomic E-state index is -0.529. The summed E-state index contributed by atoms with van der Waals surface area (Å²) in [5.41, 5.74) is 0.233. The molecule has 1 saturated carbocycles.